The molecule has 0 spiro atoms. The van der Waals surface area contributed by atoms with Gasteiger partial charge in [-0.05, 0) is 55.2 Å². The van der Waals surface area contributed by atoms with E-state index >= 15 is 0 Å². The van der Waals surface area contributed by atoms with Gasteiger partial charge in [0.1, 0.15) is 0 Å². The van der Waals surface area contributed by atoms with Crippen molar-refractivity contribution in [2.75, 3.05) is 6.26 Å². The van der Waals surface area contributed by atoms with Gasteiger partial charge in [-0.2, -0.15) is 0 Å². The minimum Gasteiger partial charge on any atom is -0.130 e. The molecule has 2 rings (SSSR count). The number of hydrogen-bond acceptors (Lipinski definition) is 2. The summed E-state index contributed by atoms with van der Waals surface area (Å²) in [5, 5.41) is 0. The Morgan fingerprint density at radius 1 is 0.938 bits per heavy atom. The van der Waals surface area contributed by atoms with Gasteiger partial charge >= 0.3 is 0 Å². The number of allylic oxidation sites excluding steroid dienone is 4. The molecule has 0 radical (unpaired) electrons. The molecule has 0 aliphatic heterocycles. The average molecular weight is 248 g/mol. The molecule has 0 amide bonds. The fourth-order valence-corrected chi connectivity index (χ4v) is 2.93. The highest BCUT2D eigenvalue weighted by Gasteiger charge is 2.05. The van der Waals surface area contributed by atoms with Crippen molar-refractivity contribution in [2.45, 2.75) is 29.6 Å². The fraction of sp³-hybridized carbons (Fsp3) is 0.286. The van der Waals surface area contributed by atoms with Crippen LogP contribution in [0.4, 0.5) is 0 Å². The van der Waals surface area contributed by atoms with E-state index in [1.807, 2.05) is 11.8 Å². The van der Waals surface area contributed by atoms with E-state index in [-0.39, 0.29) is 0 Å². The molecule has 1 aromatic rings. The highest BCUT2D eigenvalue weighted by molar-refractivity contribution is 8.03. The lowest BCUT2D eigenvalue weighted by atomic mass is 10.1. The van der Waals surface area contributed by atoms with Crippen LogP contribution in [-0.4, -0.2) is 6.26 Å². The lowest BCUT2D eigenvalue weighted by Gasteiger charge is -2.11. The maximum absolute atomic E-state index is 2.26. The highest BCUT2D eigenvalue weighted by atomic mass is 32.2. The van der Waals surface area contributed by atoms with Crippen LogP contribution in [0.15, 0.2) is 56.7 Å². The van der Waals surface area contributed by atoms with E-state index < -0.39 is 0 Å². The quantitative estimate of drug-likeness (QED) is 0.681. The summed E-state index contributed by atoms with van der Waals surface area (Å²) in [6, 6.07) is 8.81. The highest BCUT2D eigenvalue weighted by Crippen LogP contribution is 2.33. The molecule has 1 aromatic carbocycles. The van der Waals surface area contributed by atoms with Gasteiger partial charge in [-0.25, -0.2) is 0 Å². The Morgan fingerprint density at radius 3 is 2.19 bits per heavy atom. The van der Waals surface area contributed by atoms with Crippen molar-refractivity contribution in [3.05, 3.63) is 46.9 Å². The Bertz CT molecular complexity index is 413. The smallest absolute Gasteiger partial charge is 0.0119 e. The predicted molar refractivity (Wildman–Crippen MR) is 75.2 cm³/mol. The molecule has 0 unspecified atom stereocenters. The van der Waals surface area contributed by atoms with Crippen molar-refractivity contribution in [1.29, 1.82) is 0 Å². The molecule has 0 saturated heterocycles. The molecule has 2 heteroatoms. The molecule has 1 aliphatic rings. The molecule has 16 heavy (non-hydrogen) atoms. The molecule has 1 aliphatic carbocycles. The second-order valence-corrected chi connectivity index (χ2v) is 6.00. The van der Waals surface area contributed by atoms with Crippen LogP contribution in [-0.2, 0) is 0 Å². The number of thioether (sulfide) groups is 2. The van der Waals surface area contributed by atoms with Gasteiger partial charge in [0.2, 0.25) is 0 Å². The first-order valence-electron chi connectivity index (χ1n) is 5.46. The van der Waals surface area contributed by atoms with E-state index in [0.29, 0.717) is 0 Å². The number of benzene rings is 1. The van der Waals surface area contributed by atoms with E-state index in [0.717, 1.165) is 0 Å². The summed E-state index contributed by atoms with van der Waals surface area (Å²) in [6.07, 6.45) is 9.01. The van der Waals surface area contributed by atoms with Gasteiger partial charge in [0.25, 0.3) is 0 Å². The Hall–Kier alpha value is -0.600. The zero-order chi connectivity index (χ0) is 11.4. The van der Waals surface area contributed by atoms with Crippen LogP contribution >= 0.6 is 23.5 Å². The van der Waals surface area contributed by atoms with Crippen LogP contribution in [0.5, 0.6) is 0 Å². The van der Waals surface area contributed by atoms with Crippen LogP contribution < -0.4 is 0 Å². The summed E-state index contributed by atoms with van der Waals surface area (Å²) < 4.78 is 0. The van der Waals surface area contributed by atoms with Crippen molar-refractivity contribution in [1.82, 2.24) is 0 Å². The van der Waals surface area contributed by atoms with E-state index in [4.69, 9.17) is 0 Å². The maximum Gasteiger partial charge on any atom is 0.0119 e. The Kier molecular flexibility index (Phi) is 4.19. The maximum atomic E-state index is 2.26. The van der Waals surface area contributed by atoms with Gasteiger partial charge in [-0.15, -0.1) is 11.8 Å². The molecular weight excluding hydrogens is 232 g/mol. The van der Waals surface area contributed by atoms with Crippen molar-refractivity contribution in [2.24, 2.45) is 0 Å². The second-order valence-electron chi connectivity index (χ2n) is 3.92. The number of rotatable bonds is 3. The Labute approximate surface area is 106 Å². The van der Waals surface area contributed by atoms with Gasteiger partial charge in [0.05, 0.1) is 0 Å². The average Bonchev–Trinajstić information content (AvgIpc) is 2.33. The standard InChI is InChI=1S/C14H16S2/c1-11-3-5-13(6-4-11)16-14-9-7-12(15-2)8-10-14/h3,5,7-10H,4,6H2,1-2H3. The molecular formula is C14H16S2. The van der Waals surface area contributed by atoms with Gasteiger partial charge in [0, 0.05) is 9.79 Å². The van der Waals surface area contributed by atoms with E-state index in [9.17, 15) is 0 Å². The van der Waals surface area contributed by atoms with Crippen LogP contribution in [0.1, 0.15) is 19.8 Å². The summed E-state index contributed by atoms with van der Waals surface area (Å²) in [4.78, 5) is 4.15. The molecule has 0 N–H and O–H groups in total. The van der Waals surface area contributed by atoms with Gasteiger partial charge in [0.15, 0.2) is 0 Å². The van der Waals surface area contributed by atoms with Gasteiger partial charge in [-0.1, -0.05) is 29.5 Å². The molecule has 0 atom stereocenters. The SMILES string of the molecule is CSc1ccc(SC2=CC=C(C)CC2)cc1. The van der Waals surface area contributed by atoms with Gasteiger partial charge < -0.3 is 0 Å². The molecule has 84 valence electrons. The normalized spacial score (nSPS) is 15.6. The zero-order valence-corrected chi connectivity index (χ0v) is 11.3. The van der Waals surface area contributed by atoms with Crippen LogP contribution in [0.3, 0.4) is 0 Å². The number of hydrogen-bond donors (Lipinski definition) is 0. The van der Waals surface area contributed by atoms with E-state index in [2.05, 4.69) is 49.6 Å². The van der Waals surface area contributed by atoms with E-state index in [1.165, 1.54) is 33.1 Å². The lowest BCUT2D eigenvalue weighted by Crippen LogP contribution is -1.87. The molecule has 0 nitrogen and oxygen atoms in total. The zero-order valence-electron chi connectivity index (χ0n) is 9.69. The predicted octanol–water partition coefficient (Wildman–Crippen LogP) is 5.12. The Balaban J connectivity index is 2.04. The minimum absolute atomic E-state index is 1.19. The summed E-state index contributed by atoms with van der Waals surface area (Å²) in [5.41, 5.74) is 1.49. The topological polar surface area (TPSA) is 0 Å². The Morgan fingerprint density at radius 2 is 1.62 bits per heavy atom. The molecule has 0 fully saturated rings. The second kappa shape index (κ2) is 5.65. The van der Waals surface area contributed by atoms with Gasteiger partial charge in [-0.3, -0.25) is 0 Å². The van der Waals surface area contributed by atoms with Crippen molar-refractivity contribution >= 4 is 23.5 Å². The molecule has 0 aromatic heterocycles. The molecule has 0 saturated carbocycles. The third-order valence-corrected chi connectivity index (χ3v) is 4.48. The summed E-state index contributed by atoms with van der Waals surface area (Å²) in [6.45, 7) is 2.20. The fourth-order valence-electron chi connectivity index (χ4n) is 1.60. The first-order chi connectivity index (χ1) is 7.78. The van der Waals surface area contributed by atoms with Crippen LogP contribution in [0.2, 0.25) is 0 Å². The van der Waals surface area contributed by atoms with Crippen molar-refractivity contribution < 1.29 is 0 Å². The summed E-state index contributed by atoms with van der Waals surface area (Å²) in [5.74, 6) is 0. The molecule has 0 bridgehead atoms. The first kappa shape index (κ1) is 11.9. The summed E-state index contributed by atoms with van der Waals surface area (Å²) in [7, 11) is 0. The monoisotopic (exact) mass is 248 g/mol. The van der Waals surface area contributed by atoms with Crippen molar-refractivity contribution in [3.63, 3.8) is 0 Å². The van der Waals surface area contributed by atoms with E-state index in [1.54, 1.807) is 11.8 Å². The largest absolute Gasteiger partial charge is 0.130 e. The van der Waals surface area contributed by atoms with Crippen LogP contribution in [0.25, 0.3) is 0 Å². The van der Waals surface area contributed by atoms with Crippen molar-refractivity contribution in [3.8, 4) is 0 Å². The van der Waals surface area contributed by atoms with Crippen LogP contribution in [0, 0.1) is 0 Å². The molecule has 0 heterocycles. The summed E-state index contributed by atoms with van der Waals surface area (Å²) >= 11 is 3.68. The third-order valence-electron chi connectivity index (χ3n) is 2.63. The first-order valence-corrected chi connectivity index (χ1v) is 7.50. The minimum atomic E-state index is 1.19. The lowest BCUT2D eigenvalue weighted by molar-refractivity contribution is 0.949. The third kappa shape index (κ3) is 3.19.